The van der Waals surface area contributed by atoms with Crippen LogP contribution >= 0.6 is 0 Å². The number of hydrogen-bond donors (Lipinski definition) is 2. The first-order valence-electron chi connectivity index (χ1n) is 6.56. The molecule has 1 aromatic carbocycles. The summed E-state index contributed by atoms with van der Waals surface area (Å²) < 4.78 is 12.9. The largest absolute Gasteiger partial charge is 0.396 e. The molecule has 3 nitrogen and oxygen atoms in total. The van der Waals surface area contributed by atoms with E-state index in [1.165, 1.54) is 12.1 Å². The van der Waals surface area contributed by atoms with E-state index in [-0.39, 0.29) is 18.5 Å². The van der Waals surface area contributed by atoms with Crippen molar-refractivity contribution in [3.8, 4) is 0 Å². The molecule has 0 amide bonds. The number of anilines is 1. The maximum Gasteiger partial charge on any atom is 0.123 e. The fourth-order valence-electron chi connectivity index (χ4n) is 2.46. The maximum absolute atomic E-state index is 12.9. The lowest BCUT2D eigenvalue weighted by atomic mass is 10.2. The van der Waals surface area contributed by atoms with Crippen molar-refractivity contribution in [2.45, 2.75) is 31.8 Å². The van der Waals surface area contributed by atoms with Gasteiger partial charge in [-0.05, 0) is 44.0 Å². The Morgan fingerprint density at radius 1 is 1.39 bits per heavy atom. The zero-order valence-corrected chi connectivity index (χ0v) is 10.8. The Morgan fingerprint density at radius 3 is 2.78 bits per heavy atom. The van der Waals surface area contributed by atoms with Gasteiger partial charge < -0.3 is 15.3 Å². The van der Waals surface area contributed by atoms with Gasteiger partial charge in [0.25, 0.3) is 0 Å². The van der Waals surface area contributed by atoms with Crippen molar-refractivity contribution in [2.75, 3.05) is 24.6 Å². The van der Waals surface area contributed by atoms with Crippen molar-refractivity contribution < 1.29 is 9.50 Å². The molecule has 1 aliphatic rings. The Labute approximate surface area is 108 Å². The number of hydrogen-bond acceptors (Lipinski definition) is 3. The number of aliphatic hydroxyl groups excluding tert-OH is 1. The Morgan fingerprint density at radius 2 is 2.11 bits per heavy atom. The van der Waals surface area contributed by atoms with E-state index in [9.17, 15) is 4.39 Å². The SMILES string of the molecule is CC1CCN(c2ccc(F)cc2)CC(CCO)N1. The van der Waals surface area contributed by atoms with Gasteiger partial charge in [-0.1, -0.05) is 0 Å². The number of benzene rings is 1. The van der Waals surface area contributed by atoms with E-state index in [1.54, 1.807) is 0 Å². The van der Waals surface area contributed by atoms with Crippen LogP contribution in [-0.2, 0) is 0 Å². The van der Waals surface area contributed by atoms with Gasteiger partial charge in [0, 0.05) is 37.5 Å². The Balaban J connectivity index is 2.09. The van der Waals surface area contributed by atoms with Gasteiger partial charge in [-0.3, -0.25) is 0 Å². The van der Waals surface area contributed by atoms with E-state index in [0.717, 1.165) is 31.6 Å². The van der Waals surface area contributed by atoms with E-state index >= 15 is 0 Å². The van der Waals surface area contributed by atoms with Crippen LogP contribution in [0, 0.1) is 5.82 Å². The van der Waals surface area contributed by atoms with Crippen LogP contribution in [0.1, 0.15) is 19.8 Å². The van der Waals surface area contributed by atoms with Crippen LogP contribution < -0.4 is 10.2 Å². The zero-order valence-electron chi connectivity index (χ0n) is 10.8. The first-order valence-corrected chi connectivity index (χ1v) is 6.56. The zero-order chi connectivity index (χ0) is 13.0. The molecule has 4 heteroatoms. The third-order valence-corrected chi connectivity index (χ3v) is 3.46. The summed E-state index contributed by atoms with van der Waals surface area (Å²) >= 11 is 0. The molecule has 0 saturated carbocycles. The highest BCUT2D eigenvalue weighted by atomic mass is 19.1. The predicted octanol–water partition coefficient (Wildman–Crippen LogP) is 1.76. The van der Waals surface area contributed by atoms with E-state index in [0.29, 0.717) is 6.04 Å². The quantitative estimate of drug-likeness (QED) is 0.860. The van der Waals surface area contributed by atoms with E-state index < -0.39 is 0 Å². The fourth-order valence-corrected chi connectivity index (χ4v) is 2.46. The summed E-state index contributed by atoms with van der Waals surface area (Å²) in [5.74, 6) is -0.202. The van der Waals surface area contributed by atoms with Crippen molar-refractivity contribution >= 4 is 5.69 Å². The van der Waals surface area contributed by atoms with Crippen LogP contribution in [0.3, 0.4) is 0 Å². The van der Waals surface area contributed by atoms with Crippen LogP contribution in [-0.4, -0.2) is 36.9 Å². The second-order valence-corrected chi connectivity index (χ2v) is 4.99. The molecule has 1 heterocycles. The predicted molar refractivity (Wildman–Crippen MR) is 71.3 cm³/mol. The van der Waals surface area contributed by atoms with Crippen molar-refractivity contribution in [1.82, 2.24) is 5.32 Å². The molecule has 2 unspecified atom stereocenters. The molecular formula is C14H21FN2O. The highest BCUT2D eigenvalue weighted by molar-refractivity contribution is 5.46. The minimum Gasteiger partial charge on any atom is -0.396 e. The molecule has 1 aliphatic heterocycles. The third kappa shape index (κ3) is 3.43. The summed E-state index contributed by atoms with van der Waals surface area (Å²) in [5.41, 5.74) is 1.05. The molecule has 18 heavy (non-hydrogen) atoms. The van der Waals surface area contributed by atoms with Gasteiger partial charge in [-0.15, -0.1) is 0 Å². The molecule has 0 radical (unpaired) electrons. The molecule has 0 spiro atoms. The summed E-state index contributed by atoms with van der Waals surface area (Å²) in [6.45, 7) is 4.18. The van der Waals surface area contributed by atoms with Crippen LogP contribution in [0.15, 0.2) is 24.3 Å². The molecular weight excluding hydrogens is 231 g/mol. The summed E-state index contributed by atoms with van der Waals surface area (Å²) in [5, 5.41) is 12.6. The molecule has 1 fully saturated rings. The van der Waals surface area contributed by atoms with Gasteiger partial charge in [-0.2, -0.15) is 0 Å². The van der Waals surface area contributed by atoms with Gasteiger partial charge in [-0.25, -0.2) is 4.39 Å². The topological polar surface area (TPSA) is 35.5 Å². The summed E-state index contributed by atoms with van der Waals surface area (Å²) in [6.07, 6.45) is 1.81. The van der Waals surface area contributed by atoms with Gasteiger partial charge in [0.2, 0.25) is 0 Å². The molecule has 0 aromatic heterocycles. The third-order valence-electron chi connectivity index (χ3n) is 3.46. The molecule has 2 atom stereocenters. The molecule has 1 aromatic rings. The number of aliphatic hydroxyl groups is 1. The van der Waals surface area contributed by atoms with Crippen molar-refractivity contribution in [3.63, 3.8) is 0 Å². The van der Waals surface area contributed by atoms with Crippen molar-refractivity contribution in [3.05, 3.63) is 30.1 Å². The standard InChI is InChI=1S/C14H21FN2O/c1-11-6-8-17(10-13(16-11)7-9-18)14-4-2-12(15)3-5-14/h2-5,11,13,16,18H,6-10H2,1H3. The van der Waals surface area contributed by atoms with Gasteiger partial charge in [0.05, 0.1) is 0 Å². The monoisotopic (exact) mass is 252 g/mol. The second-order valence-electron chi connectivity index (χ2n) is 4.99. The molecule has 0 bridgehead atoms. The molecule has 2 N–H and O–H groups in total. The number of halogens is 1. The Kier molecular flexibility index (Phi) is 4.55. The minimum atomic E-state index is -0.202. The summed E-state index contributed by atoms with van der Waals surface area (Å²) in [6, 6.07) is 7.38. The first kappa shape index (κ1) is 13.3. The van der Waals surface area contributed by atoms with Crippen LogP contribution in [0.2, 0.25) is 0 Å². The van der Waals surface area contributed by atoms with Crippen molar-refractivity contribution in [2.24, 2.45) is 0 Å². The molecule has 2 rings (SSSR count). The number of nitrogens with zero attached hydrogens (tertiary/aromatic N) is 1. The second kappa shape index (κ2) is 6.16. The average molecular weight is 252 g/mol. The lowest BCUT2D eigenvalue weighted by Crippen LogP contribution is -2.40. The average Bonchev–Trinajstić information content (AvgIpc) is 2.53. The van der Waals surface area contributed by atoms with Gasteiger partial charge in [0.15, 0.2) is 0 Å². The lowest BCUT2D eigenvalue weighted by Gasteiger charge is -2.26. The molecule has 100 valence electrons. The number of rotatable bonds is 3. The first-order chi connectivity index (χ1) is 8.69. The van der Waals surface area contributed by atoms with Crippen LogP contribution in [0.25, 0.3) is 0 Å². The smallest absolute Gasteiger partial charge is 0.123 e. The van der Waals surface area contributed by atoms with Crippen LogP contribution in [0.4, 0.5) is 10.1 Å². The van der Waals surface area contributed by atoms with E-state index in [2.05, 4.69) is 17.1 Å². The van der Waals surface area contributed by atoms with E-state index in [4.69, 9.17) is 5.11 Å². The van der Waals surface area contributed by atoms with Crippen LogP contribution in [0.5, 0.6) is 0 Å². The Hall–Kier alpha value is -1.13. The minimum absolute atomic E-state index is 0.196. The van der Waals surface area contributed by atoms with E-state index in [1.807, 2.05) is 12.1 Å². The van der Waals surface area contributed by atoms with Gasteiger partial charge in [0.1, 0.15) is 5.82 Å². The Bertz CT molecular complexity index is 369. The summed E-state index contributed by atoms with van der Waals surface area (Å²) in [4.78, 5) is 2.26. The highest BCUT2D eigenvalue weighted by Gasteiger charge is 2.21. The number of nitrogens with one attached hydrogen (secondary N) is 1. The van der Waals surface area contributed by atoms with Gasteiger partial charge >= 0.3 is 0 Å². The molecule has 1 saturated heterocycles. The lowest BCUT2D eigenvalue weighted by molar-refractivity contribution is 0.263. The maximum atomic E-state index is 12.9. The van der Waals surface area contributed by atoms with Crippen molar-refractivity contribution in [1.29, 1.82) is 0 Å². The molecule has 0 aliphatic carbocycles. The normalized spacial score (nSPS) is 24.9. The fraction of sp³-hybridized carbons (Fsp3) is 0.571. The highest BCUT2D eigenvalue weighted by Crippen LogP contribution is 2.18. The summed E-state index contributed by atoms with van der Waals surface area (Å²) in [7, 11) is 0.